The molecule has 3 amide bonds. The number of likely N-dealkylation sites (tertiary alicyclic amines) is 1. The van der Waals surface area contributed by atoms with Gasteiger partial charge in [-0.05, 0) is 42.3 Å². The van der Waals surface area contributed by atoms with Gasteiger partial charge in [0.25, 0.3) is 11.1 Å². The number of halogens is 1. The van der Waals surface area contributed by atoms with E-state index < -0.39 is 11.1 Å². The maximum absolute atomic E-state index is 12.5. The molecule has 1 aromatic carbocycles. The van der Waals surface area contributed by atoms with Crippen LogP contribution < -0.4 is 0 Å². The molecule has 0 unspecified atom stereocenters. The summed E-state index contributed by atoms with van der Waals surface area (Å²) in [5, 5.41) is 0.0985. The standard InChI is InChI=1S/C18H19ClN2O3S/c19-14-8-4-3-7-13(14)11-15-17(23)21(18(24)25-15)12-16(22)20-9-5-1-2-6-10-20/h3-4,7-8,11H,1-2,5-6,9-10,12H2. The summed E-state index contributed by atoms with van der Waals surface area (Å²) in [6.45, 7) is 1.21. The first-order valence-corrected chi connectivity index (χ1v) is 9.53. The second-order valence-electron chi connectivity index (χ2n) is 6.08. The Morgan fingerprint density at radius 1 is 1.12 bits per heavy atom. The number of thioether (sulfide) groups is 1. The Morgan fingerprint density at radius 3 is 2.48 bits per heavy atom. The van der Waals surface area contributed by atoms with Gasteiger partial charge in [-0.25, -0.2) is 0 Å². The third-order valence-electron chi connectivity index (χ3n) is 4.32. The van der Waals surface area contributed by atoms with Crippen LogP contribution in [0.1, 0.15) is 31.2 Å². The molecule has 0 aromatic heterocycles. The van der Waals surface area contributed by atoms with Crippen LogP contribution in [0.2, 0.25) is 5.02 Å². The molecule has 0 bridgehead atoms. The van der Waals surface area contributed by atoms with Crippen molar-refractivity contribution in [3.05, 3.63) is 39.8 Å². The largest absolute Gasteiger partial charge is 0.341 e. The minimum atomic E-state index is -0.432. The van der Waals surface area contributed by atoms with Gasteiger partial charge < -0.3 is 4.90 Å². The minimum absolute atomic E-state index is 0.164. The Morgan fingerprint density at radius 2 is 1.80 bits per heavy atom. The van der Waals surface area contributed by atoms with Gasteiger partial charge in [-0.2, -0.15) is 0 Å². The first kappa shape index (κ1) is 18.0. The number of benzene rings is 1. The number of carbonyl (C=O) groups excluding carboxylic acids is 3. The van der Waals surface area contributed by atoms with E-state index in [-0.39, 0.29) is 12.5 Å². The maximum atomic E-state index is 12.5. The van der Waals surface area contributed by atoms with Crippen molar-refractivity contribution < 1.29 is 14.4 Å². The summed E-state index contributed by atoms with van der Waals surface area (Å²) in [5.74, 6) is -0.596. The molecule has 5 nitrogen and oxygen atoms in total. The highest BCUT2D eigenvalue weighted by Gasteiger charge is 2.37. The smallest absolute Gasteiger partial charge is 0.294 e. The van der Waals surface area contributed by atoms with Crippen LogP contribution in [0.4, 0.5) is 4.79 Å². The predicted molar refractivity (Wildman–Crippen MR) is 99.2 cm³/mol. The summed E-state index contributed by atoms with van der Waals surface area (Å²) in [5.41, 5.74) is 0.675. The molecule has 25 heavy (non-hydrogen) atoms. The number of nitrogens with zero attached hydrogens (tertiary/aromatic N) is 2. The van der Waals surface area contributed by atoms with Crippen molar-refractivity contribution >= 4 is 46.5 Å². The van der Waals surface area contributed by atoms with Gasteiger partial charge in [0.05, 0.1) is 4.91 Å². The van der Waals surface area contributed by atoms with E-state index >= 15 is 0 Å². The molecule has 3 rings (SSSR count). The number of rotatable bonds is 3. The summed E-state index contributed by atoms with van der Waals surface area (Å²) in [7, 11) is 0. The van der Waals surface area contributed by atoms with E-state index in [9.17, 15) is 14.4 Å². The van der Waals surface area contributed by atoms with Crippen molar-refractivity contribution in [3.8, 4) is 0 Å². The van der Waals surface area contributed by atoms with Crippen LogP contribution in [0.5, 0.6) is 0 Å². The molecule has 0 N–H and O–H groups in total. The monoisotopic (exact) mass is 378 g/mol. The van der Waals surface area contributed by atoms with Gasteiger partial charge in [-0.3, -0.25) is 19.3 Å². The number of imide groups is 1. The molecule has 2 aliphatic heterocycles. The van der Waals surface area contributed by atoms with E-state index in [1.807, 2.05) is 6.07 Å². The highest BCUT2D eigenvalue weighted by Crippen LogP contribution is 2.33. The fourth-order valence-electron chi connectivity index (χ4n) is 2.93. The number of hydrogen-bond donors (Lipinski definition) is 0. The third kappa shape index (κ3) is 4.25. The summed E-state index contributed by atoms with van der Waals surface area (Å²) >= 11 is 6.95. The Kier molecular flexibility index (Phi) is 5.81. The zero-order valence-corrected chi connectivity index (χ0v) is 15.3. The lowest BCUT2D eigenvalue weighted by molar-refractivity contribution is -0.135. The maximum Gasteiger partial charge on any atom is 0.294 e. The molecule has 2 aliphatic rings. The summed E-state index contributed by atoms with van der Waals surface area (Å²) in [4.78, 5) is 40.2. The van der Waals surface area contributed by atoms with Crippen LogP contribution in [0, 0.1) is 0 Å². The lowest BCUT2D eigenvalue weighted by atomic mass is 10.2. The van der Waals surface area contributed by atoms with E-state index in [0.717, 1.165) is 42.3 Å². The molecule has 1 aromatic rings. The van der Waals surface area contributed by atoms with Crippen LogP contribution in [0.25, 0.3) is 6.08 Å². The normalized spacial score (nSPS) is 20.3. The van der Waals surface area contributed by atoms with Crippen LogP contribution in [-0.2, 0) is 9.59 Å². The molecule has 0 aliphatic carbocycles. The quantitative estimate of drug-likeness (QED) is 0.751. The molecule has 2 fully saturated rings. The van der Waals surface area contributed by atoms with Crippen molar-refractivity contribution in [1.29, 1.82) is 0 Å². The summed E-state index contributed by atoms with van der Waals surface area (Å²) < 4.78 is 0. The van der Waals surface area contributed by atoms with Crippen molar-refractivity contribution in [3.63, 3.8) is 0 Å². The third-order valence-corrected chi connectivity index (χ3v) is 5.57. The Balaban J connectivity index is 1.71. The van der Waals surface area contributed by atoms with Crippen molar-refractivity contribution in [1.82, 2.24) is 9.80 Å². The van der Waals surface area contributed by atoms with Crippen LogP contribution in [0.15, 0.2) is 29.2 Å². The minimum Gasteiger partial charge on any atom is -0.341 e. The van der Waals surface area contributed by atoms with Crippen LogP contribution >= 0.6 is 23.4 Å². The van der Waals surface area contributed by atoms with Crippen LogP contribution in [0.3, 0.4) is 0 Å². The Hall–Kier alpha value is -1.79. The number of amides is 3. The fraction of sp³-hybridized carbons (Fsp3) is 0.389. The molecular formula is C18H19ClN2O3S. The average Bonchev–Trinajstić information content (AvgIpc) is 2.80. The van der Waals surface area contributed by atoms with E-state index in [1.165, 1.54) is 0 Å². The molecule has 0 spiro atoms. The van der Waals surface area contributed by atoms with Gasteiger partial charge in [0, 0.05) is 18.1 Å². The van der Waals surface area contributed by atoms with E-state index in [0.29, 0.717) is 28.6 Å². The summed E-state index contributed by atoms with van der Waals surface area (Å²) in [6, 6.07) is 7.11. The lowest BCUT2D eigenvalue weighted by Crippen LogP contribution is -2.42. The van der Waals surface area contributed by atoms with Gasteiger partial charge in [0.1, 0.15) is 6.54 Å². The molecular weight excluding hydrogens is 360 g/mol. The van der Waals surface area contributed by atoms with Crippen LogP contribution in [-0.4, -0.2) is 46.5 Å². The van der Waals surface area contributed by atoms with E-state index in [4.69, 9.17) is 11.6 Å². The van der Waals surface area contributed by atoms with Gasteiger partial charge in [0.2, 0.25) is 5.91 Å². The van der Waals surface area contributed by atoms with Gasteiger partial charge in [0.15, 0.2) is 0 Å². The van der Waals surface area contributed by atoms with Gasteiger partial charge in [-0.15, -0.1) is 0 Å². The SMILES string of the molecule is O=C(CN1C(=O)SC(=Cc2ccccc2Cl)C1=O)N1CCCCCC1. The van der Waals surface area contributed by atoms with E-state index in [1.54, 1.807) is 29.2 Å². The first-order valence-electron chi connectivity index (χ1n) is 8.34. The van der Waals surface area contributed by atoms with Gasteiger partial charge in [-0.1, -0.05) is 42.6 Å². The fourth-order valence-corrected chi connectivity index (χ4v) is 3.94. The predicted octanol–water partition coefficient (Wildman–Crippen LogP) is 3.78. The summed E-state index contributed by atoms with van der Waals surface area (Å²) in [6.07, 6.45) is 5.78. The number of hydrogen-bond acceptors (Lipinski definition) is 4. The topological polar surface area (TPSA) is 57.7 Å². The molecule has 2 heterocycles. The highest BCUT2D eigenvalue weighted by atomic mass is 35.5. The molecule has 132 valence electrons. The van der Waals surface area contributed by atoms with Crippen molar-refractivity contribution in [2.75, 3.05) is 19.6 Å². The van der Waals surface area contributed by atoms with Gasteiger partial charge >= 0.3 is 0 Å². The molecule has 0 saturated carbocycles. The lowest BCUT2D eigenvalue weighted by Gasteiger charge is -2.22. The number of carbonyl (C=O) groups is 3. The highest BCUT2D eigenvalue weighted by molar-refractivity contribution is 8.18. The zero-order valence-electron chi connectivity index (χ0n) is 13.7. The Bertz CT molecular complexity index is 727. The molecule has 7 heteroatoms. The molecule has 0 radical (unpaired) electrons. The van der Waals surface area contributed by atoms with Crippen molar-refractivity contribution in [2.24, 2.45) is 0 Å². The second-order valence-corrected chi connectivity index (χ2v) is 7.48. The Labute approximate surface area is 156 Å². The zero-order chi connectivity index (χ0) is 17.8. The van der Waals surface area contributed by atoms with Crippen molar-refractivity contribution in [2.45, 2.75) is 25.7 Å². The average molecular weight is 379 g/mol. The first-order chi connectivity index (χ1) is 12.1. The molecule has 2 saturated heterocycles. The molecule has 0 atom stereocenters. The second kappa shape index (κ2) is 8.06. The van der Waals surface area contributed by atoms with E-state index in [2.05, 4.69) is 0 Å².